The third-order valence-electron chi connectivity index (χ3n) is 5.45. The van der Waals surface area contributed by atoms with Gasteiger partial charge in [0.05, 0.1) is 12.8 Å². The highest BCUT2D eigenvalue weighted by Crippen LogP contribution is 2.24. The van der Waals surface area contributed by atoms with Crippen molar-refractivity contribution in [1.29, 1.82) is 0 Å². The molecule has 1 aliphatic rings. The molecule has 4 rings (SSSR count). The van der Waals surface area contributed by atoms with Gasteiger partial charge in [-0.2, -0.15) is 5.10 Å². The summed E-state index contributed by atoms with van der Waals surface area (Å²) in [7, 11) is 7.31. The van der Waals surface area contributed by atoms with Gasteiger partial charge in [0, 0.05) is 52.9 Å². The van der Waals surface area contributed by atoms with Gasteiger partial charge < -0.3 is 19.4 Å². The molecule has 31 heavy (non-hydrogen) atoms. The van der Waals surface area contributed by atoms with Crippen LogP contribution in [0.3, 0.4) is 0 Å². The van der Waals surface area contributed by atoms with Gasteiger partial charge >= 0.3 is 0 Å². The summed E-state index contributed by atoms with van der Waals surface area (Å²) in [4.78, 5) is 19.1. The van der Waals surface area contributed by atoms with Crippen LogP contribution in [0.15, 0.2) is 42.5 Å². The Morgan fingerprint density at radius 1 is 1.03 bits per heavy atom. The van der Waals surface area contributed by atoms with Crippen LogP contribution >= 0.6 is 0 Å². The number of hydrogen-bond donors (Lipinski definition) is 0. The summed E-state index contributed by atoms with van der Waals surface area (Å²) in [5.74, 6) is 2.39. The Hall–Kier alpha value is -3.62. The highest BCUT2D eigenvalue weighted by atomic mass is 16.5. The molecule has 1 amide bonds. The van der Waals surface area contributed by atoms with Crippen LogP contribution in [0.2, 0.25) is 0 Å². The maximum Gasteiger partial charge on any atom is 0.272 e. The van der Waals surface area contributed by atoms with Gasteiger partial charge in [0.25, 0.3) is 5.91 Å². The Kier molecular flexibility index (Phi) is 5.75. The summed E-state index contributed by atoms with van der Waals surface area (Å²) < 4.78 is 6.94. The molecule has 0 bridgehead atoms. The monoisotopic (exact) mass is 421 g/mol. The van der Waals surface area contributed by atoms with Crippen LogP contribution in [0.1, 0.15) is 10.5 Å². The molecule has 1 saturated heterocycles. The molecule has 0 N–H and O–H groups in total. The second-order valence-electron chi connectivity index (χ2n) is 7.69. The Labute approximate surface area is 181 Å². The van der Waals surface area contributed by atoms with E-state index < -0.39 is 0 Å². The normalized spacial score (nSPS) is 13.9. The van der Waals surface area contributed by atoms with E-state index in [1.807, 2.05) is 66.4 Å². The lowest BCUT2D eigenvalue weighted by molar-refractivity contribution is 0.0735. The molecule has 1 aromatic carbocycles. The molecule has 0 radical (unpaired) electrons. The average molecular weight is 422 g/mol. The number of ether oxygens (including phenoxy) is 1. The number of benzene rings is 1. The third-order valence-corrected chi connectivity index (χ3v) is 5.45. The minimum atomic E-state index is -0.0159. The fraction of sp³-hybridized carbons (Fsp3) is 0.364. The van der Waals surface area contributed by atoms with Crippen LogP contribution in [0.5, 0.6) is 5.75 Å². The van der Waals surface area contributed by atoms with Gasteiger partial charge in [0.15, 0.2) is 11.6 Å². The van der Waals surface area contributed by atoms with Gasteiger partial charge in [0.2, 0.25) is 0 Å². The number of piperazine rings is 1. The summed E-state index contributed by atoms with van der Waals surface area (Å²) in [6.07, 6.45) is 0. The van der Waals surface area contributed by atoms with E-state index in [9.17, 15) is 4.79 Å². The molecule has 1 aliphatic heterocycles. The Morgan fingerprint density at radius 3 is 2.45 bits per heavy atom. The number of rotatable bonds is 5. The quantitative estimate of drug-likeness (QED) is 0.623. The van der Waals surface area contributed by atoms with Crippen LogP contribution < -0.4 is 14.5 Å². The zero-order chi connectivity index (χ0) is 22.0. The molecule has 1 fully saturated rings. The van der Waals surface area contributed by atoms with Gasteiger partial charge in [-0.1, -0.05) is 12.1 Å². The number of hydrogen-bond acceptors (Lipinski definition) is 7. The first kappa shape index (κ1) is 20.6. The SMILES string of the molecule is COc1cccc(-c2cc(C(=O)N3CCN(c4ccc(N(C)C)nn4)CC3)n(C)n2)c1. The third kappa shape index (κ3) is 4.30. The number of methoxy groups -OCH3 is 1. The Morgan fingerprint density at radius 2 is 1.81 bits per heavy atom. The number of carbonyl (C=O) groups is 1. The predicted octanol–water partition coefficient (Wildman–Crippen LogP) is 1.91. The van der Waals surface area contributed by atoms with Crippen molar-refractivity contribution in [2.75, 3.05) is 57.2 Å². The number of nitrogens with zero attached hydrogens (tertiary/aromatic N) is 7. The Bertz CT molecular complexity index is 1050. The number of amides is 1. The van der Waals surface area contributed by atoms with Crippen molar-refractivity contribution in [3.05, 3.63) is 48.2 Å². The van der Waals surface area contributed by atoms with Crippen LogP contribution in [0.4, 0.5) is 11.6 Å². The second-order valence-corrected chi connectivity index (χ2v) is 7.69. The van der Waals surface area contributed by atoms with E-state index in [-0.39, 0.29) is 5.91 Å². The molecule has 162 valence electrons. The summed E-state index contributed by atoms with van der Waals surface area (Å²) in [6, 6.07) is 13.4. The number of aromatic nitrogens is 4. The maximum atomic E-state index is 13.1. The van der Waals surface area contributed by atoms with Gasteiger partial charge in [-0.25, -0.2) is 0 Å². The van der Waals surface area contributed by atoms with Crippen molar-refractivity contribution in [2.24, 2.45) is 7.05 Å². The summed E-state index contributed by atoms with van der Waals surface area (Å²) in [6.45, 7) is 2.66. The second kappa shape index (κ2) is 8.63. The Balaban J connectivity index is 1.43. The van der Waals surface area contributed by atoms with Crippen molar-refractivity contribution in [3.8, 4) is 17.0 Å². The van der Waals surface area contributed by atoms with Crippen molar-refractivity contribution < 1.29 is 9.53 Å². The predicted molar refractivity (Wildman–Crippen MR) is 120 cm³/mol. The molecule has 9 heteroatoms. The lowest BCUT2D eigenvalue weighted by atomic mass is 10.1. The molecule has 0 aliphatic carbocycles. The van der Waals surface area contributed by atoms with Gasteiger partial charge in [0.1, 0.15) is 11.4 Å². The molecular formula is C22H27N7O2. The van der Waals surface area contributed by atoms with E-state index in [4.69, 9.17) is 4.74 Å². The van der Waals surface area contributed by atoms with Crippen molar-refractivity contribution in [2.45, 2.75) is 0 Å². The minimum Gasteiger partial charge on any atom is -0.497 e. The highest BCUT2D eigenvalue weighted by Gasteiger charge is 2.25. The van der Waals surface area contributed by atoms with Crippen molar-refractivity contribution in [1.82, 2.24) is 24.9 Å². The molecular weight excluding hydrogens is 394 g/mol. The first-order valence-electron chi connectivity index (χ1n) is 10.2. The van der Waals surface area contributed by atoms with Crippen molar-refractivity contribution >= 4 is 17.5 Å². The van der Waals surface area contributed by atoms with Crippen LogP contribution in [0.25, 0.3) is 11.3 Å². The molecule has 9 nitrogen and oxygen atoms in total. The number of aryl methyl sites for hydroxylation is 1. The topological polar surface area (TPSA) is 79.6 Å². The van der Waals surface area contributed by atoms with Crippen molar-refractivity contribution in [3.63, 3.8) is 0 Å². The van der Waals surface area contributed by atoms with Gasteiger partial charge in [-0.15, -0.1) is 10.2 Å². The average Bonchev–Trinajstić information content (AvgIpc) is 3.20. The van der Waals surface area contributed by atoms with E-state index in [0.717, 1.165) is 28.6 Å². The lowest BCUT2D eigenvalue weighted by Crippen LogP contribution is -2.49. The summed E-state index contributed by atoms with van der Waals surface area (Å²) in [5.41, 5.74) is 2.24. The summed E-state index contributed by atoms with van der Waals surface area (Å²) in [5, 5.41) is 13.1. The minimum absolute atomic E-state index is 0.0159. The van der Waals surface area contributed by atoms with E-state index >= 15 is 0 Å². The highest BCUT2D eigenvalue weighted by molar-refractivity contribution is 5.94. The van der Waals surface area contributed by atoms with E-state index in [0.29, 0.717) is 31.9 Å². The van der Waals surface area contributed by atoms with E-state index in [2.05, 4.69) is 20.2 Å². The largest absolute Gasteiger partial charge is 0.497 e. The molecule has 0 atom stereocenters. The fourth-order valence-electron chi connectivity index (χ4n) is 3.62. The number of anilines is 2. The number of carbonyl (C=O) groups excluding carboxylic acids is 1. The zero-order valence-electron chi connectivity index (χ0n) is 18.3. The van der Waals surface area contributed by atoms with Crippen LogP contribution in [-0.2, 0) is 7.05 Å². The zero-order valence-corrected chi connectivity index (χ0v) is 18.3. The van der Waals surface area contributed by atoms with Gasteiger partial charge in [-0.05, 0) is 30.3 Å². The maximum absolute atomic E-state index is 13.1. The van der Waals surface area contributed by atoms with E-state index in [1.54, 1.807) is 18.8 Å². The standard InChI is InChI=1S/C22H27N7O2/c1-26(2)20-8-9-21(24-23-20)28-10-12-29(13-11-28)22(30)19-15-18(25-27(19)3)16-6-5-7-17(14-16)31-4/h5-9,14-15H,10-13H2,1-4H3. The summed E-state index contributed by atoms with van der Waals surface area (Å²) >= 11 is 0. The molecule has 3 aromatic rings. The first-order valence-corrected chi connectivity index (χ1v) is 10.2. The van der Waals surface area contributed by atoms with Crippen LogP contribution in [0, 0.1) is 0 Å². The fourth-order valence-corrected chi connectivity index (χ4v) is 3.62. The molecule has 0 saturated carbocycles. The molecule has 2 aromatic heterocycles. The van der Waals surface area contributed by atoms with E-state index in [1.165, 1.54) is 0 Å². The van der Waals surface area contributed by atoms with Crippen LogP contribution in [-0.4, -0.2) is 78.2 Å². The smallest absolute Gasteiger partial charge is 0.272 e. The van der Waals surface area contributed by atoms with Gasteiger partial charge in [-0.3, -0.25) is 9.48 Å². The molecule has 3 heterocycles. The molecule has 0 spiro atoms. The lowest BCUT2D eigenvalue weighted by Gasteiger charge is -2.35. The first-order chi connectivity index (χ1) is 15.0. The molecule has 0 unspecified atom stereocenters.